The van der Waals surface area contributed by atoms with Crippen molar-refractivity contribution in [1.82, 2.24) is 14.9 Å². The molecule has 0 spiro atoms. The first-order valence-corrected chi connectivity index (χ1v) is 7.68. The summed E-state index contributed by atoms with van der Waals surface area (Å²) in [5.74, 6) is -0.225. The number of rotatable bonds is 2. The summed E-state index contributed by atoms with van der Waals surface area (Å²) in [4.78, 5) is 29.7. The number of aromatic nitrogens is 2. The van der Waals surface area contributed by atoms with Gasteiger partial charge in [-0.3, -0.25) is 14.2 Å². The van der Waals surface area contributed by atoms with Gasteiger partial charge in [0, 0.05) is 6.42 Å². The van der Waals surface area contributed by atoms with Crippen LogP contribution in [0.1, 0.15) is 23.7 Å². The molecule has 24 heavy (non-hydrogen) atoms. The average Bonchev–Trinajstić information content (AvgIpc) is 2.60. The summed E-state index contributed by atoms with van der Waals surface area (Å²) in [5, 5.41) is 13.1. The molecule has 2 aromatic carbocycles. The van der Waals surface area contributed by atoms with Gasteiger partial charge in [-0.25, -0.2) is 4.98 Å². The second-order valence-electron chi connectivity index (χ2n) is 5.78. The van der Waals surface area contributed by atoms with Gasteiger partial charge in [0.2, 0.25) is 5.91 Å². The molecule has 1 aromatic heterocycles. The fraction of sp³-hybridized carbons (Fsp3) is 0.167. The number of fused-ring (bicyclic) bond motifs is 2. The van der Waals surface area contributed by atoms with E-state index in [1.807, 2.05) is 30.3 Å². The molecule has 120 valence electrons. The molecule has 3 aromatic rings. The van der Waals surface area contributed by atoms with Crippen molar-refractivity contribution >= 4 is 16.8 Å². The number of amides is 1. The average molecular weight is 321 g/mol. The Morgan fingerprint density at radius 2 is 1.75 bits per heavy atom. The molecule has 2 heterocycles. The van der Waals surface area contributed by atoms with Crippen molar-refractivity contribution < 1.29 is 9.90 Å². The van der Waals surface area contributed by atoms with Gasteiger partial charge < -0.3 is 10.4 Å². The Hall–Kier alpha value is -2.99. The molecule has 0 unspecified atom stereocenters. The largest absolute Gasteiger partial charge is 0.367 e. The van der Waals surface area contributed by atoms with Gasteiger partial charge in [0.05, 0.1) is 10.9 Å². The van der Waals surface area contributed by atoms with Crippen LogP contribution in [0.25, 0.3) is 10.9 Å². The van der Waals surface area contributed by atoms with Crippen LogP contribution in [0, 0.1) is 0 Å². The normalized spacial score (nSPS) is 19.8. The molecule has 6 heteroatoms. The molecule has 1 aliphatic rings. The highest BCUT2D eigenvalue weighted by atomic mass is 16.3. The maximum atomic E-state index is 12.9. The zero-order valence-corrected chi connectivity index (χ0v) is 12.7. The quantitative estimate of drug-likeness (QED) is 0.745. The summed E-state index contributed by atoms with van der Waals surface area (Å²) in [7, 11) is 0. The van der Waals surface area contributed by atoms with E-state index in [-0.39, 0.29) is 11.4 Å². The van der Waals surface area contributed by atoms with Gasteiger partial charge >= 0.3 is 0 Å². The molecule has 0 bridgehead atoms. The predicted octanol–water partition coefficient (Wildman–Crippen LogP) is 1.30. The van der Waals surface area contributed by atoms with Crippen LogP contribution in [-0.2, 0) is 11.2 Å². The number of para-hydroxylation sites is 1. The molecule has 0 saturated heterocycles. The van der Waals surface area contributed by atoms with Gasteiger partial charge in [0.25, 0.3) is 5.56 Å². The first kappa shape index (κ1) is 14.6. The molecule has 2 N–H and O–H groups in total. The second-order valence-corrected chi connectivity index (χ2v) is 5.78. The lowest BCUT2D eigenvalue weighted by Gasteiger charge is -2.30. The zero-order chi connectivity index (χ0) is 16.7. The molecule has 6 nitrogen and oxygen atoms in total. The number of nitrogens with zero attached hydrogens (tertiary/aromatic N) is 2. The Morgan fingerprint density at radius 3 is 2.54 bits per heavy atom. The standard InChI is InChI=1S/C18H15N3O3/c22-16-14(10-11-6-2-1-3-7-11)21-15(17(23)20-16)19-13-9-5-4-8-12(13)18(21)24/h1-9,14,17,23H,10H2,(H,20,22)/t14-,17-/m1/s1. The minimum Gasteiger partial charge on any atom is -0.367 e. The number of carbonyl (C=O) groups excluding carboxylic acids is 1. The molecule has 0 fully saturated rings. The third-order valence-electron chi connectivity index (χ3n) is 4.24. The Kier molecular flexibility index (Phi) is 3.39. The molecule has 1 amide bonds. The third kappa shape index (κ3) is 2.28. The van der Waals surface area contributed by atoms with E-state index in [2.05, 4.69) is 10.3 Å². The van der Waals surface area contributed by atoms with Crippen LogP contribution in [-0.4, -0.2) is 20.6 Å². The molecule has 1 aliphatic heterocycles. The van der Waals surface area contributed by atoms with Crippen LogP contribution in [0.5, 0.6) is 0 Å². The molecular weight excluding hydrogens is 306 g/mol. The van der Waals surface area contributed by atoms with E-state index >= 15 is 0 Å². The van der Waals surface area contributed by atoms with Gasteiger partial charge in [-0.15, -0.1) is 0 Å². The summed E-state index contributed by atoms with van der Waals surface area (Å²) < 4.78 is 1.32. The van der Waals surface area contributed by atoms with Crippen molar-refractivity contribution in [3.05, 3.63) is 76.3 Å². The summed E-state index contributed by atoms with van der Waals surface area (Å²) in [5.41, 5.74) is 1.12. The van der Waals surface area contributed by atoms with Crippen molar-refractivity contribution in [2.75, 3.05) is 0 Å². The maximum Gasteiger partial charge on any atom is 0.262 e. The van der Waals surface area contributed by atoms with Crippen LogP contribution >= 0.6 is 0 Å². The van der Waals surface area contributed by atoms with Gasteiger partial charge in [-0.05, 0) is 17.7 Å². The first-order valence-electron chi connectivity index (χ1n) is 7.68. The first-order chi connectivity index (χ1) is 11.6. The monoisotopic (exact) mass is 321 g/mol. The fourth-order valence-corrected chi connectivity index (χ4v) is 3.09. The van der Waals surface area contributed by atoms with E-state index in [4.69, 9.17) is 0 Å². The van der Waals surface area contributed by atoms with Crippen molar-refractivity contribution in [3.63, 3.8) is 0 Å². The van der Waals surface area contributed by atoms with Crippen molar-refractivity contribution in [2.45, 2.75) is 18.7 Å². The van der Waals surface area contributed by atoms with E-state index in [0.29, 0.717) is 17.3 Å². The van der Waals surface area contributed by atoms with Gasteiger partial charge in [0.15, 0.2) is 12.1 Å². The highest BCUT2D eigenvalue weighted by Crippen LogP contribution is 2.24. The fourth-order valence-electron chi connectivity index (χ4n) is 3.09. The number of nitrogens with one attached hydrogen (secondary N) is 1. The van der Waals surface area contributed by atoms with Crippen LogP contribution in [0.4, 0.5) is 0 Å². The van der Waals surface area contributed by atoms with Crippen LogP contribution < -0.4 is 10.9 Å². The minimum absolute atomic E-state index is 0.166. The number of carbonyl (C=O) groups is 1. The SMILES string of the molecule is O=C1N[C@H](O)c2nc3ccccc3c(=O)n2[C@@H]1Cc1ccccc1. The molecule has 0 radical (unpaired) electrons. The van der Waals surface area contributed by atoms with Crippen LogP contribution in [0.2, 0.25) is 0 Å². The van der Waals surface area contributed by atoms with E-state index in [0.717, 1.165) is 5.56 Å². The lowest BCUT2D eigenvalue weighted by Crippen LogP contribution is -2.48. The summed E-state index contributed by atoms with van der Waals surface area (Å²) in [6.07, 6.45) is -0.936. The lowest BCUT2D eigenvalue weighted by molar-refractivity contribution is -0.130. The van der Waals surface area contributed by atoms with Gasteiger partial charge in [-0.2, -0.15) is 0 Å². The van der Waals surface area contributed by atoms with E-state index < -0.39 is 18.2 Å². The van der Waals surface area contributed by atoms with Gasteiger partial charge in [-0.1, -0.05) is 42.5 Å². The predicted molar refractivity (Wildman–Crippen MR) is 88.3 cm³/mol. The summed E-state index contributed by atoms with van der Waals surface area (Å²) >= 11 is 0. The maximum absolute atomic E-state index is 12.9. The van der Waals surface area contributed by atoms with E-state index in [1.54, 1.807) is 24.3 Å². The third-order valence-corrected chi connectivity index (χ3v) is 4.24. The summed E-state index contributed by atoms with van der Waals surface area (Å²) in [6, 6.07) is 15.6. The van der Waals surface area contributed by atoms with Crippen molar-refractivity contribution in [3.8, 4) is 0 Å². The molecular formula is C18H15N3O3. The molecule has 4 rings (SSSR count). The van der Waals surface area contributed by atoms with E-state index in [9.17, 15) is 14.7 Å². The minimum atomic E-state index is -1.29. The summed E-state index contributed by atoms with van der Waals surface area (Å²) in [6.45, 7) is 0. The van der Waals surface area contributed by atoms with Crippen molar-refractivity contribution in [2.24, 2.45) is 0 Å². The number of hydrogen-bond donors (Lipinski definition) is 2. The highest BCUT2D eigenvalue weighted by Gasteiger charge is 2.34. The lowest BCUT2D eigenvalue weighted by atomic mass is 10.0. The number of hydrogen-bond acceptors (Lipinski definition) is 4. The van der Waals surface area contributed by atoms with E-state index in [1.165, 1.54) is 4.57 Å². The molecule has 0 saturated carbocycles. The van der Waals surface area contributed by atoms with Crippen LogP contribution in [0.3, 0.4) is 0 Å². The molecule has 2 atom stereocenters. The zero-order valence-electron chi connectivity index (χ0n) is 12.7. The second kappa shape index (κ2) is 5.58. The Labute approximate surface area is 137 Å². The Bertz CT molecular complexity index is 982. The molecule has 0 aliphatic carbocycles. The Balaban J connectivity index is 1.92. The Morgan fingerprint density at radius 1 is 1.04 bits per heavy atom. The number of benzene rings is 2. The smallest absolute Gasteiger partial charge is 0.262 e. The topological polar surface area (TPSA) is 84.2 Å². The van der Waals surface area contributed by atoms with Crippen molar-refractivity contribution in [1.29, 1.82) is 0 Å². The van der Waals surface area contributed by atoms with Gasteiger partial charge in [0.1, 0.15) is 6.04 Å². The van der Waals surface area contributed by atoms with Crippen LogP contribution in [0.15, 0.2) is 59.4 Å². The number of aliphatic hydroxyl groups is 1. The number of aliphatic hydroxyl groups excluding tert-OH is 1. The highest BCUT2D eigenvalue weighted by molar-refractivity contribution is 5.84.